The van der Waals surface area contributed by atoms with Crippen LogP contribution in [-0.4, -0.2) is 42.3 Å². The molecule has 0 radical (unpaired) electrons. The lowest BCUT2D eigenvalue weighted by Crippen LogP contribution is -2.35. The minimum atomic E-state index is -0.120. The minimum Gasteiger partial charge on any atom is -0.468 e. The predicted molar refractivity (Wildman–Crippen MR) is 97.4 cm³/mol. The summed E-state index contributed by atoms with van der Waals surface area (Å²) in [5.74, 6) is 0.487. The highest BCUT2D eigenvalue weighted by Gasteiger charge is 2.18. The van der Waals surface area contributed by atoms with Gasteiger partial charge in [-0.1, -0.05) is 13.8 Å². The first-order valence-corrected chi connectivity index (χ1v) is 8.96. The Morgan fingerprint density at radius 1 is 1.36 bits per heavy atom. The molecule has 7 nitrogen and oxygen atoms in total. The van der Waals surface area contributed by atoms with E-state index in [0.717, 1.165) is 5.76 Å². The third-order valence-electron chi connectivity index (χ3n) is 3.64. The molecule has 0 bridgehead atoms. The molecule has 136 valence electrons. The average Bonchev–Trinajstić information content (AvgIpc) is 3.19. The quantitative estimate of drug-likeness (QED) is 0.750. The summed E-state index contributed by atoms with van der Waals surface area (Å²) in [5.41, 5.74) is 0.640. The second kappa shape index (κ2) is 8.77. The van der Waals surface area contributed by atoms with E-state index in [1.54, 1.807) is 11.6 Å². The molecule has 8 heteroatoms. The van der Waals surface area contributed by atoms with Crippen LogP contribution in [0.25, 0.3) is 0 Å². The third-order valence-corrected chi connectivity index (χ3v) is 4.44. The molecule has 0 saturated carbocycles. The molecule has 0 unspecified atom stereocenters. The van der Waals surface area contributed by atoms with Gasteiger partial charge in [0.1, 0.15) is 5.76 Å². The van der Waals surface area contributed by atoms with Crippen molar-refractivity contribution < 1.29 is 14.0 Å². The number of carbonyl (C=O) groups excluding carboxylic acids is 2. The molecule has 0 aliphatic carbocycles. The monoisotopic (exact) mass is 364 g/mol. The largest absolute Gasteiger partial charge is 0.468 e. The van der Waals surface area contributed by atoms with Crippen LogP contribution in [0.1, 0.15) is 31.3 Å². The molecule has 0 fully saturated rings. The van der Waals surface area contributed by atoms with E-state index in [9.17, 15) is 9.59 Å². The number of thiazole rings is 1. The molecule has 25 heavy (non-hydrogen) atoms. The molecular formula is C17H24N4O3S. The van der Waals surface area contributed by atoms with Crippen LogP contribution < -0.4 is 10.6 Å². The first-order chi connectivity index (χ1) is 11.9. The maximum Gasteiger partial charge on any atom is 0.228 e. The smallest absolute Gasteiger partial charge is 0.228 e. The molecule has 0 aliphatic heterocycles. The van der Waals surface area contributed by atoms with Gasteiger partial charge in [0, 0.05) is 17.8 Å². The van der Waals surface area contributed by atoms with Crippen LogP contribution in [0.3, 0.4) is 0 Å². The Hall–Kier alpha value is -2.19. The Kier molecular flexibility index (Phi) is 6.72. The number of amides is 2. The lowest BCUT2D eigenvalue weighted by Gasteiger charge is -2.22. The lowest BCUT2D eigenvalue weighted by molar-refractivity contribution is -0.121. The zero-order valence-electron chi connectivity index (χ0n) is 14.9. The van der Waals surface area contributed by atoms with Gasteiger partial charge < -0.3 is 15.1 Å². The summed E-state index contributed by atoms with van der Waals surface area (Å²) in [7, 11) is 3.87. The second-order valence-corrected chi connectivity index (χ2v) is 7.12. The van der Waals surface area contributed by atoms with Crippen LogP contribution in [0.15, 0.2) is 28.2 Å². The van der Waals surface area contributed by atoms with Crippen LogP contribution in [0.4, 0.5) is 5.13 Å². The van der Waals surface area contributed by atoms with Gasteiger partial charge in [0.2, 0.25) is 11.8 Å². The summed E-state index contributed by atoms with van der Waals surface area (Å²) < 4.78 is 5.42. The molecule has 2 aromatic heterocycles. The SMILES string of the molecule is CC(C)C(=O)Nc1nc(CC(=O)NC[C@@H](c2ccco2)N(C)C)cs1. The van der Waals surface area contributed by atoms with Gasteiger partial charge in [-0.15, -0.1) is 11.3 Å². The van der Waals surface area contributed by atoms with Crippen LogP contribution >= 0.6 is 11.3 Å². The zero-order valence-corrected chi connectivity index (χ0v) is 15.7. The molecule has 2 amide bonds. The zero-order chi connectivity index (χ0) is 18.4. The normalized spacial score (nSPS) is 12.4. The van der Waals surface area contributed by atoms with Gasteiger partial charge in [-0.05, 0) is 26.2 Å². The maximum atomic E-state index is 12.2. The van der Waals surface area contributed by atoms with E-state index >= 15 is 0 Å². The van der Waals surface area contributed by atoms with E-state index < -0.39 is 0 Å². The molecule has 0 aromatic carbocycles. The van der Waals surface area contributed by atoms with Crippen molar-refractivity contribution in [2.75, 3.05) is 26.0 Å². The molecule has 0 saturated heterocycles. The number of nitrogens with zero attached hydrogens (tertiary/aromatic N) is 2. The van der Waals surface area contributed by atoms with Crippen molar-refractivity contribution >= 4 is 28.3 Å². The number of rotatable bonds is 8. The fraction of sp³-hybridized carbons (Fsp3) is 0.471. The summed E-state index contributed by atoms with van der Waals surface area (Å²) in [6.07, 6.45) is 1.79. The van der Waals surface area contributed by atoms with Crippen molar-refractivity contribution in [1.82, 2.24) is 15.2 Å². The van der Waals surface area contributed by atoms with Crippen LogP contribution in [-0.2, 0) is 16.0 Å². The van der Waals surface area contributed by atoms with E-state index in [2.05, 4.69) is 15.6 Å². The summed E-state index contributed by atoms with van der Waals surface area (Å²) in [6.45, 7) is 4.08. The van der Waals surface area contributed by atoms with Crippen molar-refractivity contribution in [3.8, 4) is 0 Å². The van der Waals surface area contributed by atoms with Crippen LogP contribution in [0.5, 0.6) is 0 Å². The maximum absolute atomic E-state index is 12.2. The van der Waals surface area contributed by atoms with E-state index in [0.29, 0.717) is 17.4 Å². The van der Waals surface area contributed by atoms with Gasteiger partial charge in [0.15, 0.2) is 5.13 Å². The molecule has 2 rings (SSSR count). The van der Waals surface area contributed by atoms with Crippen LogP contribution in [0, 0.1) is 5.92 Å². The summed E-state index contributed by atoms with van der Waals surface area (Å²) in [6, 6.07) is 3.69. The highest BCUT2D eigenvalue weighted by molar-refractivity contribution is 7.13. The van der Waals surface area contributed by atoms with Crippen molar-refractivity contribution in [2.45, 2.75) is 26.3 Å². The van der Waals surface area contributed by atoms with Gasteiger partial charge in [-0.25, -0.2) is 4.98 Å². The van der Waals surface area contributed by atoms with Gasteiger partial charge in [-0.2, -0.15) is 0 Å². The standard InChI is InChI=1S/C17H24N4O3S/c1-11(2)16(23)20-17-19-12(10-25-17)8-15(22)18-9-13(21(3)4)14-6-5-7-24-14/h5-7,10-11,13H,8-9H2,1-4H3,(H,18,22)(H,19,20,23)/t13-/m0/s1. The summed E-state index contributed by atoms with van der Waals surface area (Å²) in [5, 5.41) is 7.94. The average molecular weight is 364 g/mol. The molecule has 0 spiro atoms. The van der Waals surface area contributed by atoms with Gasteiger partial charge in [0.05, 0.1) is 24.4 Å². The Morgan fingerprint density at radius 2 is 2.12 bits per heavy atom. The molecule has 1 atom stereocenters. The highest BCUT2D eigenvalue weighted by Crippen LogP contribution is 2.18. The Bertz CT molecular complexity index is 695. The van der Waals surface area contributed by atoms with E-state index in [4.69, 9.17) is 4.42 Å². The van der Waals surface area contributed by atoms with Gasteiger partial charge in [0.25, 0.3) is 0 Å². The fourth-order valence-electron chi connectivity index (χ4n) is 2.15. The summed E-state index contributed by atoms with van der Waals surface area (Å²) >= 11 is 1.32. The molecular weight excluding hydrogens is 340 g/mol. The van der Waals surface area contributed by atoms with Gasteiger partial charge in [-0.3, -0.25) is 14.5 Å². The number of hydrogen-bond donors (Lipinski definition) is 2. The topological polar surface area (TPSA) is 87.5 Å². The predicted octanol–water partition coefficient (Wildman–Crippen LogP) is 2.29. The van der Waals surface area contributed by atoms with Crippen molar-refractivity contribution in [1.29, 1.82) is 0 Å². The number of nitrogens with one attached hydrogen (secondary N) is 2. The number of aromatic nitrogens is 1. The Labute approximate surface area is 151 Å². The molecule has 0 aliphatic rings. The second-order valence-electron chi connectivity index (χ2n) is 6.26. The fourth-order valence-corrected chi connectivity index (χ4v) is 2.86. The first-order valence-electron chi connectivity index (χ1n) is 8.08. The number of anilines is 1. The van der Waals surface area contributed by atoms with Gasteiger partial charge >= 0.3 is 0 Å². The number of likely N-dealkylation sites (N-methyl/N-ethyl adjacent to an activating group) is 1. The first kappa shape index (κ1) is 19.1. The summed E-state index contributed by atoms with van der Waals surface area (Å²) in [4.78, 5) is 30.1. The minimum absolute atomic E-state index is 0.0322. The van der Waals surface area contributed by atoms with E-state index in [1.807, 2.05) is 45.0 Å². The molecule has 2 aromatic rings. The van der Waals surface area contributed by atoms with Crippen LogP contribution in [0.2, 0.25) is 0 Å². The third kappa shape index (κ3) is 5.68. The number of furan rings is 1. The van der Waals surface area contributed by atoms with Crippen molar-refractivity contribution in [3.05, 3.63) is 35.2 Å². The van der Waals surface area contributed by atoms with E-state index in [-0.39, 0.29) is 30.2 Å². The lowest BCUT2D eigenvalue weighted by atomic mass is 10.2. The Morgan fingerprint density at radius 3 is 2.72 bits per heavy atom. The van der Waals surface area contributed by atoms with E-state index in [1.165, 1.54) is 11.3 Å². The van der Waals surface area contributed by atoms with Crippen molar-refractivity contribution in [2.24, 2.45) is 5.92 Å². The van der Waals surface area contributed by atoms with Crippen molar-refractivity contribution in [3.63, 3.8) is 0 Å². The number of carbonyl (C=O) groups is 2. The highest BCUT2D eigenvalue weighted by atomic mass is 32.1. The molecule has 2 N–H and O–H groups in total. The number of hydrogen-bond acceptors (Lipinski definition) is 6. The molecule has 2 heterocycles. The Balaban J connectivity index is 1.86.